The Balaban J connectivity index is -0.0000000267. The zero-order valence-electron chi connectivity index (χ0n) is 4.87. The summed E-state index contributed by atoms with van der Waals surface area (Å²) in [4.78, 5) is 29.3. The minimum absolute atomic E-state index is 0. The summed E-state index contributed by atoms with van der Waals surface area (Å²) >= 11 is 0. The van der Waals surface area contributed by atoms with Crippen molar-refractivity contribution in [1.82, 2.24) is 0 Å². The quantitative estimate of drug-likeness (QED) is 0.259. The molecule has 0 unspecified atom stereocenters. The first-order valence-electron chi connectivity index (χ1n) is 0.894. The molecule has 0 heterocycles. The van der Waals surface area contributed by atoms with Crippen LogP contribution in [0.1, 0.15) is 1.43 Å². The monoisotopic (exact) mass is 149 g/mol. The van der Waals surface area contributed by atoms with Gasteiger partial charge in [-0.3, -0.25) is 0 Å². The van der Waals surface area contributed by atoms with Crippen molar-refractivity contribution in [3.63, 3.8) is 0 Å². The molecule has 0 bridgehead atoms. The third kappa shape index (κ3) is 98.8. The summed E-state index contributed by atoms with van der Waals surface area (Å²) < 4.78 is 0. The SMILES string of the molecule is O[Si](O)(O)O.[H-].[Li+].[Sc]. The van der Waals surface area contributed by atoms with Crippen LogP contribution < -0.4 is 18.9 Å². The van der Waals surface area contributed by atoms with Gasteiger partial charge in [0.25, 0.3) is 0 Å². The molecule has 0 aromatic carbocycles. The van der Waals surface area contributed by atoms with Crippen LogP contribution in [0, 0.1) is 0 Å². The summed E-state index contributed by atoms with van der Waals surface area (Å²) in [6, 6.07) is 0. The minimum Gasteiger partial charge on any atom is -1.00 e. The Bertz CT molecular complexity index is 31.5. The van der Waals surface area contributed by atoms with Crippen LogP contribution >= 0.6 is 0 Å². The maximum absolute atomic E-state index is 7.33. The van der Waals surface area contributed by atoms with Crippen molar-refractivity contribution in [2.75, 3.05) is 0 Å². The fourth-order valence-corrected chi connectivity index (χ4v) is 0. The predicted octanol–water partition coefficient (Wildman–Crippen LogP) is -5.49. The van der Waals surface area contributed by atoms with E-state index in [1.54, 1.807) is 0 Å². The molecule has 0 rings (SSSR count). The van der Waals surface area contributed by atoms with Crippen molar-refractivity contribution in [3.05, 3.63) is 0 Å². The molecule has 7 heavy (non-hydrogen) atoms. The van der Waals surface area contributed by atoms with Gasteiger partial charge < -0.3 is 20.6 Å². The molecule has 0 aliphatic carbocycles. The standard InChI is InChI=1S/Li.H4O4Si.Sc.H/c;1-5(2,3)4;;/h;1-4H;;/q+1;;;-1. The van der Waals surface area contributed by atoms with E-state index < -0.39 is 9.05 Å². The molecule has 37 valence electrons. The van der Waals surface area contributed by atoms with Crippen molar-refractivity contribution in [2.45, 2.75) is 0 Å². The van der Waals surface area contributed by atoms with Gasteiger partial charge >= 0.3 is 27.9 Å². The van der Waals surface area contributed by atoms with Crippen molar-refractivity contribution < 1.29 is 65.3 Å². The Kier molecular flexibility index (Phi) is 12.8. The van der Waals surface area contributed by atoms with Gasteiger partial charge in [0.15, 0.2) is 0 Å². The van der Waals surface area contributed by atoms with Crippen LogP contribution in [-0.2, 0) is 25.8 Å². The molecular weight excluding hydrogens is 144 g/mol. The first kappa shape index (κ1) is 15.8. The zero-order chi connectivity index (χ0) is 4.50. The van der Waals surface area contributed by atoms with Gasteiger partial charge in [-0.15, -0.1) is 0 Å². The van der Waals surface area contributed by atoms with E-state index in [0.29, 0.717) is 0 Å². The maximum Gasteiger partial charge on any atom is 1.00 e. The largest absolute Gasteiger partial charge is 1.00 e. The first-order valence-corrected chi connectivity index (χ1v) is 2.68. The molecule has 0 aliphatic rings. The van der Waals surface area contributed by atoms with Gasteiger partial charge in [-0.1, -0.05) is 0 Å². The molecule has 0 atom stereocenters. The van der Waals surface area contributed by atoms with E-state index in [2.05, 4.69) is 0 Å². The number of rotatable bonds is 0. The van der Waals surface area contributed by atoms with Crippen LogP contribution in [0.2, 0.25) is 0 Å². The average Bonchev–Trinajstić information content (AvgIpc) is 0.722. The second kappa shape index (κ2) is 5.66. The van der Waals surface area contributed by atoms with E-state index in [1.807, 2.05) is 0 Å². The molecular formula is H5LiO4ScSi. The molecule has 1 radical (unpaired) electrons. The number of hydrogen-bond donors (Lipinski definition) is 4. The summed E-state index contributed by atoms with van der Waals surface area (Å²) in [6.45, 7) is 0. The summed E-state index contributed by atoms with van der Waals surface area (Å²) in [5.41, 5.74) is 0. The summed E-state index contributed by atoms with van der Waals surface area (Å²) in [7, 11) is -4.61. The van der Waals surface area contributed by atoms with Gasteiger partial charge in [0, 0.05) is 25.8 Å². The molecule has 7 heteroatoms. The van der Waals surface area contributed by atoms with Crippen LogP contribution in [0.3, 0.4) is 0 Å². The van der Waals surface area contributed by atoms with Crippen LogP contribution in [-0.4, -0.2) is 28.2 Å². The van der Waals surface area contributed by atoms with E-state index >= 15 is 0 Å². The Hall–Kier alpha value is 1.52. The third-order valence-electron chi connectivity index (χ3n) is 0. The second-order valence-electron chi connectivity index (χ2n) is 0.600. The van der Waals surface area contributed by atoms with Gasteiger partial charge in [-0.05, 0) is 0 Å². The fourth-order valence-electron chi connectivity index (χ4n) is 0. The second-order valence-corrected chi connectivity index (χ2v) is 1.80. The molecule has 0 saturated carbocycles. The van der Waals surface area contributed by atoms with Gasteiger partial charge in [0.1, 0.15) is 0 Å². The molecule has 4 nitrogen and oxygen atoms in total. The summed E-state index contributed by atoms with van der Waals surface area (Å²) in [5, 5.41) is 0. The van der Waals surface area contributed by atoms with E-state index in [0.717, 1.165) is 0 Å². The Morgan fingerprint density at radius 2 is 1.00 bits per heavy atom. The molecule has 0 aromatic heterocycles. The van der Waals surface area contributed by atoms with E-state index in [4.69, 9.17) is 19.2 Å². The predicted molar refractivity (Wildman–Crippen MR) is 15.7 cm³/mol. The Morgan fingerprint density at radius 1 is 1.00 bits per heavy atom. The van der Waals surface area contributed by atoms with Crippen molar-refractivity contribution in [1.29, 1.82) is 0 Å². The third-order valence-corrected chi connectivity index (χ3v) is 0. The first-order chi connectivity index (χ1) is 2.00. The average molecular weight is 149 g/mol. The molecule has 0 amide bonds. The van der Waals surface area contributed by atoms with Gasteiger partial charge in [-0.25, -0.2) is 0 Å². The fraction of sp³-hybridized carbons (Fsp3) is 0. The normalized spacial score (nSPS) is 8.57. The zero-order valence-corrected chi connectivity index (χ0v) is 6.67. The van der Waals surface area contributed by atoms with Crippen LogP contribution in [0.15, 0.2) is 0 Å². The summed E-state index contributed by atoms with van der Waals surface area (Å²) in [6.07, 6.45) is 0. The van der Waals surface area contributed by atoms with Crippen molar-refractivity contribution >= 4 is 9.05 Å². The van der Waals surface area contributed by atoms with Crippen LogP contribution in [0.5, 0.6) is 0 Å². The molecule has 0 saturated heterocycles. The Labute approximate surface area is 74.1 Å². The minimum atomic E-state index is -4.61. The van der Waals surface area contributed by atoms with E-state index in [1.165, 1.54) is 0 Å². The smallest absolute Gasteiger partial charge is 1.00 e. The summed E-state index contributed by atoms with van der Waals surface area (Å²) in [5.74, 6) is 0. The van der Waals surface area contributed by atoms with E-state index in [-0.39, 0.29) is 46.1 Å². The maximum atomic E-state index is 7.33. The van der Waals surface area contributed by atoms with Crippen molar-refractivity contribution in [2.24, 2.45) is 0 Å². The van der Waals surface area contributed by atoms with Crippen LogP contribution in [0.25, 0.3) is 0 Å². The van der Waals surface area contributed by atoms with Crippen molar-refractivity contribution in [3.8, 4) is 0 Å². The van der Waals surface area contributed by atoms with Crippen LogP contribution in [0.4, 0.5) is 0 Å². The molecule has 0 spiro atoms. The van der Waals surface area contributed by atoms with Gasteiger partial charge in [-0.2, -0.15) is 0 Å². The molecule has 0 aromatic rings. The Morgan fingerprint density at radius 3 is 1.00 bits per heavy atom. The molecule has 0 aliphatic heterocycles. The molecule has 4 N–H and O–H groups in total. The number of hydrogen-bond acceptors (Lipinski definition) is 4. The topological polar surface area (TPSA) is 80.9 Å². The van der Waals surface area contributed by atoms with Gasteiger partial charge in [0.05, 0.1) is 0 Å². The van der Waals surface area contributed by atoms with Gasteiger partial charge in [0.2, 0.25) is 0 Å². The molecule has 0 fully saturated rings. The van der Waals surface area contributed by atoms with E-state index in [9.17, 15) is 0 Å².